The molecule has 0 unspecified atom stereocenters. The smallest absolute Gasteiger partial charge is 0.163 e. The van der Waals surface area contributed by atoms with Gasteiger partial charge in [-0.05, 0) is 6.42 Å². The zero-order chi connectivity index (χ0) is 17.3. The van der Waals surface area contributed by atoms with Crippen LogP contribution in [0.5, 0.6) is 0 Å². The molecule has 0 N–H and O–H groups in total. The van der Waals surface area contributed by atoms with Crippen molar-refractivity contribution in [3.05, 3.63) is 66.5 Å². The molecular formula is C22H25N3. The number of hydrogen-bond donors (Lipinski definition) is 0. The minimum absolute atomic E-state index is 0.762. The first-order valence-electron chi connectivity index (χ1n) is 9.22. The Balaban J connectivity index is 1.86. The van der Waals surface area contributed by atoms with E-state index in [-0.39, 0.29) is 0 Å². The molecule has 0 aliphatic rings. The first-order chi connectivity index (χ1) is 12.4. The molecule has 0 aliphatic carbocycles. The number of nitrogens with zero attached hydrogens (tertiary/aromatic N) is 3. The summed E-state index contributed by atoms with van der Waals surface area (Å²) in [6.45, 7) is 2.24. The lowest BCUT2D eigenvalue weighted by molar-refractivity contribution is 0.622. The lowest BCUT2D eigenvalue weighted by Crippen LogP contribution is -2.03. The Morgan fingerprint density at radius 2 is 1.12 bits per heavy atom. The molecule has 25 heavy (non-hydrogen) atoms. The fourth-order valence-corrected chi connectivity index (χ4v) is 2.85. The van der Waals surface area contributed by atoms with Gasteiger partial charge in [-0.3, -0.25) is 0 Å². The molecule has 3 nitrogen and oxygen atoms in total. The summed E-state index contributed by atoms with van der Waals surface area (Å²) < 4.78 is 0. The highest BCUT2D eigenvalue weighted by Crippen LogP contribution is 2.20. The predicted molar refractivity (Wildman–Crippen MR) is 103 cm³/mol. The Morgan fingerprint density at radius 3 is 1.64 bits per heavy atom. The number of aromatic nitrogens is 3. The van der Waals surface area contributed by atoms with Gasteiger partial charge in [0.2, 0.25) is 0 Å². The van der Waals surface area contributed by atoms with Crippen molar-refractivity contribution < 1.29 is 0 Å². The molecule has 0 radical (unpaired) electrons. The summed E-state index contributed by atoms with van der Waals surface area (Å²) in [7, 11) is 0. The van der Waals surface area contributed by atoms with E-state index in [1.165, 1.54) is 25.7 Å². The van der Waals surface area contributed by atoms with Gasteiger partial charge in [-0.1, -0.05) is 93.3 Å². The van der Waals surface area contributed by atoms with Crippen molar-refractivity contribution in [3.63, 3.8) is 0 Å². The Labute approximate surface area is 150 Å². The van der Waals surface area contributed by atoms with Crippen LogP contribution in [0, 0.1) is 0 Å². The van der Waals surface area contributed by atoms with Gasteiger partial charge in [-0.2, -0.15) is 0 Å². The van der Waals surface area contributed by atoms with E-state index in [9.17, 15) is 0 Å². The zero-order valence-electron chi connectivity index (χ0n) is 14.9. The van der Waals surface area contributed by atoms with Crippen molar-refractivity contribution in [2.24, 2.45) is 0 Å². The summed E-state index contributed by atoms with van der Waals surface area (Å²) in [5, 5.41) is 0. The number of unbranched alkanes of at least 4 members (excludes halogenated alkanes) is 4. The highest BCUT2D eigenvalue weighted by molar-refractivity contribution is 5.60. The number of benzene rings is 2. The van der Waals surface area contributed by atoms with Gasteiger partial charge in [-0.15, -0.1) is 0 Å². The van der Waals surface area contributed by atoms with Crippen LogP contribution in [0.15, 0.2) is 60.7 Å². The standard InChI is InChI=1S/C22H25N3/c1-2-3-4-5-12-17-20-23-21(18-13-8-6-9-14-18)25-22(24-20)19-15-10-7-11-16-19/h6-11,13-16H,2-5,12,17H2,1H3. The largest absolute Gasteiger partial charge is 0.213 e. The van der Waals surface area contributed by atoms with E-state index < -0.39 is 0 Å². The third-order valence-electron chi connectivity index (χ3n) is 4.25. The second-order valence-corrected chi connectivity index (χ2v) is 6.30. The first-order valence-corrected chi connectivity index (χ1v) is 9.22. The molecule has 0 aliphatic heterocycles. The summed E-state index contributed by atoms with van der Waals surface area (Å²) in [6, 6.07) is 20.3. The van der Waals surface area contributed by atoms with E-state index in [4.69, 9.17) is 15.0 Å². The van der Waals surface area contributed by atoms with Gasteiger partial charge >= 0.3 is 0 Å². The highest BCUT2D eigenvalue weighted by Gasteiger charge is 2.10. The molecule has 0 saturated carbocycles. The topological polar surface area (TPSA) is 38.7 Å². The van der Waals surface area contributed by atoms with Gasteiger partial charge in [0.15, 0.2) is 11.6 Å². The molecule has 3 aromatic rings. The molecule has 0 amide bonds. The SMILES string of the molecule is CCCCCCCc1nc(-c2ccccc2)nc(-c2ccccc2)n1. The van der Waals surface area contributed by atoms with Crippen molar-refractivity contribution in [1.29, 1.82) is 0 Å². The van der Waals surface area contributed by atoms with Crippen LogP contribution in [0.25, 0.3) is 22.8 Å². The molecule has 3 rings (SSSR count). The van der Waals surface area contributed by atoms with Crippen LogP contribution in [0.1, 0.15) is 44.9 Å². The molecule has 0 bridgehead atoms. The maximum absolute atomic E-state index is 4.72. The molecule has 1 heterocycles. The van der Waals surface area contributed by atoms with Crippen LogP contribution in [0.3, 0.4) is 0 Å². The van der Waals surface area contributed by atoms with E-state index in [0.717, 1.165) is 41.4 Å². The van der Waals surface area contributed by atoms with Gasteiger partial charge in [-0.25, -0.2) is 15.0 Å². The summed E-state index contributed by atoms with van der Waals surface area (Å²) in [6.07, 6.45) is 7.14. The monoisotopic (exact) mass is 331 g/mol. The summed E-state index contributed by atoms with van der Waals surface area (Å²) >= 11 is 0. The van der Waals surface area contributed by atoms with Crippen LogP contribution in [0.2, 0.25) is 0 Å². The summed E-state index contributed by atoms with van der Waals surface area (Å²) in [5.74, 6) is 2.42. The normalized spacial score (nSPS) is 10.8. The second kappa shape index (κ2) is 9.07. The third kappa shape index (κ3) is 4.96. The van der Waals surface area contributed by atoms with Gasteiger partial charge < -0.3 is 0 Å². The summed E-state index contributed by atoms with van der Waals surface area (Å²) in [5.41, 5.74) is 2.07. The molecule has 1 aromatic heterocycles. The Morgan fingerprint density at radius 1 is 0.600 bits per heavy atom. The van der Waals surface area contributed by atoms with Crippen molar-refractivity contribution in [1.82, 2.24) is 15.0 Å². The second-order valence-electron chi connectivity index (χ2n) is 6.30. The third-order valence-corrected chi connectivity index (χ3v) is 4.25. The predicted octanol–water partition coefficient (Wildman–Crippen LogP) is 5.72. The molecule has 2 aromatic carbocycles. The van der Waals surface area contributed by atoms with Crippen LogP contribution >= 0.6 is 0 Å². The minimum Gasteiger partial charge on any atom is -0.213 e. The van der Waals surface area contributed by atoms with E-state index in [1.54, 1.807) is 0 Å². The van der Waals surface area contributed by atoms with Gasteiger partial charge in [0.25, 0.3) is 0 Å². The number of rotatable bonds is 8. The van der Waals surface area contributed by atoms with Crippen molar-refractivity contribution in [2.45, 2.75) is 45.4 Å². The van der Waals surface area contributed by atoms with Crippen LogP contribution in [-0.4, -0.2) is 15.0 Å². The maximum Gasteiger partial charge on any atom is 0.163 e. The molecule has 0 fully saturated rings. The van der Waals surface area contributed by atoms with Crippen LogP contribution in [0.4, 0.5) is 0 Å². The minimum atomic E-state index is 0.762. The van der Waals surface area contributed by atoms with Crippen molar-refractivity contribution in [3.8, 4) is 22.8 Å². The fraction of sp³-hybridized carbons (Fsp3) is 0.318. The van der Waals surface area contributed by atoms with E-state index in [0.29, 0.717) is 0 Å². The van der Waals surface area contributed by atoms with E-state index in [2.05, 4.69) is 31.2 Å². The van der Waals surface area contributed by atoms with Gasteiger partial charge in [0.1, 0.15) is 5.82 Å². The van der Waals surface area contributed by atoms with Gasteiger partial charge in [0, 0.05) is 17.5 Å². The molecule has 0 saturated heterocycles. The Bertz CT molecular complexity index is 712. The average molecular weight is 331 g/mol. The maximum atomic E-state index is 4.72. The lowest BCUT2D eigenvalue weighted by Gasteiger charge is -2.08. The molecule has 0 atom stereocenters. The molecule has 0 spiro atoms. The van der Waals surface area contributed by atoms with Crippen molar-refractivity contribution >= 4 is 0 Å². The van der Waals surface area contributed by atoms with E-state index >= 15 is 0 Å². The number of aryl methyl sites for hydroxylation is 1. The Hall–Kier alpha value is -2.55. The van der Waals surface area contributed by atoms with E-state index in [1.807, 2.05) is 36.4 Å². The Kier molecular flexibility index (Phi) is 6.27. The van der Waals surface area contributed by atoms with Gasteiger partial charge in [0.05, 0.1) is 0 Å². The molecule has 3 heteroatoms. The zero-order valence-corrected chi connectivity index (χ0v) is 14.9. The first kappa shape index (κ1) is 17.3. The highest BCUT2D eigenvalue weighted by atomic mass is 15.0. The molecular weight excluding hydrogens is 306 g/mol. The van der Waals surface area contributed by atoms with Crippen molar-refractivity contribution in [2.75, 3.05) is 0 Å². The average Bonchev–Trinajstić information content (AvgIpc) is 2.69. The number of hydrogen-bond acceptors (Lipinski definition) is 3. The lowest BCUT2D eigenvalue weighted by atomic mass is 10.1. The molecule has 128 valence electrons. The van der Waals surface area contributed by atoms with Crippen LogP contribution in [-0.2, 0) is 6.42 Å². The van der Waals surface area contributed by atoms with Crippen LogP contribution < -0.4 is 0 Å². The summed E-state index contributed by atoms with van der Waals surface area (Å²) in [4.78, 5) is 14.2. The quantitative estimate of drug-likeness (QED) is 0.496. The fourth-order valence-electron chi connectivity index (χ4n) is 2.85.